The van der Waals surface area contributed by atoms with Gasteiger partial charge in [0.15, 0.2) is 11.6 Å². The third kappa shape index (κ3) is 2.22. The molecule has 3 saturated carbocycles. The first kappa shape index (κ1) is 19.9. The fraction of sp³-hybridized carbons (Fsp3) is 0.727. The number of ketones is 2. The van der Waals surface area contributed by atoms with Crippen molar-refractivity contribution >= 4 is 11.6 Å². The van der Waals surface area contributed by atoms with E-state index in [4.69, 9.17) is 0 Å². The van der Waals surface area contributed by atoms with Crippen LogP contribution in [-0.2, 0) is 9.59 Å². The van der Waals surface area contributed by atoms with Crippen molar-refractivity contribution in [2.75, 3.05) is 6.61 Å². The van der Waals surface area contributed by atoms with Gasteiger partial charge in [-0.3, -0.25) is 9.59 Å². The maximum Gasteiger partial charge on any atom is 0.213 e. The molecule has 0 saturated heterocycles. The standard InChI is InChI=1S/C22H29FO5/c1-11-6-14-13-5-4-12-7-16(25)15(23)8-20(12,2)19(13)17(26)9-21(14,3)22(11,28)18(27)10-24/h7-8,11,13-14,17,19,24,26,28H,4-6,9-10H2,1-3H3/t11?,13-,14-,17?,19+,20-,21-,22-/m0/s1. The lowest BCUT2D eigenvalue weighted by Gasteiger charge is -2.59. The summed E-state index contributed by atoms with van der Waals surface area (Å²) in [5.41, 5.74) is -2.42. The Bertz CT molecular complexity index is 803. The van der Waals surface area contributed by atoms with E-state index in [2.05, 4.69) is 0 Å². The average molecular weight is 392 g/mol. The second-order valence-electron chi connectivity index (χ2n) is 9.82. The summed E-state index contributed by atoms with van der Waals surface area (Å²) in [6, 6.07) is 0. The molecule has 3 N–H and O–H groups in total. The van der Waals surface area contributed by atoms with Crippen LogP contribution < -0.4 is 0 Å². The molecule has 0 radical (unpaired) electrons. The molecule has 3 fully saturated rings. The van der Waals surface area contributed by atoms with Gasteiger partial charge in [0.25, 0.3) is 0 Å². The van der Waals surface area contributed by atoms with E-state index in [0.29, 0.717) is 12.8 Å². The Morgan fingerprint density at radius 3 is 2.68 bits per heavy atom. The van der Waals surface area contributed by atoms with Crippen molar-refractivity contribution in [3.63, 3.8) is 0 Å². The summed E-state index contributed by atoms with van der Waals surface area (Å²) < 4.78 is 14.2. The molecule has 2 unspecified atom stereocenters. The van der Waals surface area contributed by atoms with Crippen molar-refractivity contribution in [2.45, 2.75) is 58.2 Å². The maximum atomic E-state index is 14.2. The van der Waals surface area contributed by atoms with Crippen molar-refractivity contribution < 1.29 is 29.3 Å². The first-order valence-corrected chi connectivity index (χ1v) is 10.2. The number of hydrogen-bond donors (Lipinski definition) is 3. The fourth-order valence-corrected chi connectivity index (χ4v) is 7.43. The van der Waals surface area contributed by atoms with Crippen LogP contribution in [0.1, 0.15) is 46.5 Å². The van der Waals surface area contributed by atoms with E-state index < -0.39 is 46.5 Å². The zero-order valence-electron chi connectivity index (χ0n) is 16.6. The van der Waals surface area contributed by atoms with Gasteiger partial charge in [-0.05, 0) is 55.6 Å². The number of halogens is 1. The largest absolute Gasteiger partial charge is 0.393 e. The van der Waals surface area contributed by atoms with Gasteiger partial charge in [0, 0.05) is 16.7 Å². The molecular formula is C22H29FO5. The molecule has 0 aromatic carbocycles. The number of fused-ring (bicyclic) bond motifs is 5. The zero-order chi connectivity index (χ0) is 20.6. The highest BCUT2D eigenvalue weighted by molar-refractivity contribution is 6.04. The van der Waals surface area contributed by atoms with E-state index in [1.807, 2.05) is 20.8 Å². The Balaban J connectivity index is 1.79. The Morgan fingerprint density at radius 1 is 1.36 bits per heavy atom. The summed E-state index contributed by atoms with van der Waals surface area (Å²) in [6.07, 6.45) is 4.09. The maximum absolute atomic E-state index is 14.2. The van der Waals surface area contributed by atoms with Crippen LogP contribution in [0.2, 0.25) is 0 Å². The molecule has 0 aliphatic heterocycles. The van der Waals surface area contributed by atoms with Gasteiger partial charge in [0.05, 0.1) is 6.10 Å². The number of aliphatic hydroxyl groups excluding tert-OH is 2. The Kier molecular flexibility index (Phi) is 4.32. The summed E-state index contributed by atoms with van der Waals surface area (Å²) >= 11 is 0. The summed E-state index contributed by atoms with van der Waals surface area (Å²) in [6.45, 7) is 4.83. The molecule has 0 aromatic heterocycles. The molecule has 4 rings (SSSR count). The normalized spacial score (nSPS) is 50.2. The van der Waals surface area contributed by atoms with Crippen LogP contribution in [0.15, 0.2) is 23.6 Å². The quantitative estimate of drug-likeness (QED) is 0.669. The molecule has 28 heavy (non-hydrogen) atoms. The number of hydrogen-bond acceptors (Lipinski definition) is 5. The van der Waals surface area contributed by atoms with Crippen molar-refractivity contribution in [3.05, 3.63) is 23.6 Å². The number of carbonyl (C=O) groups excluding carboxylic acids is 2. The van der Waals surface area contributed by atoms with Crippen molar-refractivity contribution in [1.29, 1.82) is 0 Å². The van der Waals surface area contributed by atoms with Gasteiger partial charge >= 0.3 is 0 Å². The molecule has 154 valence electrons. The summed E-state index contributed by atoms with van der Waals surface area (Å²) in [5, 5.41) is 32.1. The van der Waals surface area contributed by atoms with Gasteiger partial charge < -0.3 is 15.3 Å². The van der Waals surface area contributed by atoms with Gasteiger partial charge in [-0.2, -0.15) is 0 Å². The third-order valence-corrected chi connectivity index (χ3v) is 8.70. The smallest absolute Gasteiger partial charge is 0.213 e. The minimum atomic E-state index is -1.68. The highest BCUT2D eigenvalue weighted by Crippen LogP contribution is 2.68. The number of carbonyl (C=O) groups is 2. The Hall–Kier alpha value is -1.37. The van der Waals surface area contributed by atoms with Gasteiger partial charge in [0.2, 0.25) is 5.78 Å². The number of Topliss-reactive ketones (excluding diaryl/α,β-unsaturated/α-hetero) is 1. The van der Waals surface area contributed by atoms with E-state index in [9.17, 15) is 29.3 Å². The van der Waals surface area contributed by atoms with Crippen LogP contribution in [0, 0.1) is 34.5 Å². The van der Waals surface area contributed by atoms with Crippen LogP contribution >= 0.6 is 0 Å². The van der Waals surface area contributed by atoms with Gasteiger partial charge in [-0.1, -0.05) is 26.3 Å². The molecule has 0 aromatic rings. The van der Waals surface area contributed by atoms with Gasteiger partial charge in [-0.15, -0.1) is 0 Å². The fourth-order valence-electron chi connectivity index (χ4n) is 7.43. The first-order valence-electron chi connectivity index (χ1n) is 10.2. The number of aliphatic hydroxyl groups is 3. The van der Waals surface area contributed by atoms with Crippen LogP contribution in [0.3, 0.4) is 0 Å². The lowest BCUT2D eigenvalue weighted by atomic mass is 9.46. The van der Waals surface area contributed by atoms with Crippen LogP contribution in [-0.4, -0.2) is 45.2 Å². The first-order chi connectivity index (χ1) is 13.0. The highest BCUT2D eigenvalue weighted by Gasteiger charge is 2.70. The lowest BCUT2D eigenvalue weighted by molar-refractivity contribution is -0.183. The van der Waals surface area contributed by atoms with E-state index in [1.165, 1.54) is 12.2 Å². The zero-order valence-corrected chi connectivity index (χ0v) is 16.6. The van der Waals surface area contributed by atoms with E-state index in [1.54, 1.807) is 0 Å². The molecule has 0 amide bonds. The van der Waals surface area contributed by atoms with E-state index in [-0.39, 0.29) is 30.1 Å². The average Bonchev–Trinajstić information content (AvgIpc) is 2.83. The van der Waals surface area contributed by atoms with E-state index in [0.717, 1.165) is 12.0 Å². The molecule has 6 heteroatoms. The minimum Gasteiger partial charge on any atom is -0.393 e. The highest BCUT2D eigenvalue weighted by atomic mass is 19.1. The van der Waals surface area contributed by atoms with Crippen molar-refractivity contribution in [1.82, 2.24) is 0 Å². The molecule has 5 nitrogen and oxygen atoms in total. The second-order valence-corrected chi connectivity index (χ2v) is 9.82. The van der Waals surface area contributed by atoms with Crippen molar-refractivity contribution in [3.8, 4) is 0 Å². The molecule has 0 bridgehead atoms. The SMILES string of the molecule is CC1C[C@H]2[C@@H]3CCC4=CC(=O)C(F)=C[C@]4(C)[C@H]3C(O)C[C@]2(C)[C@@]1(O)C(=O)CO. The van der Waals surface area contributed by atoms with Gasteiger partial charge in [0.1, 0.15) is 12.2 Å². The third-order valence-electron chi connectivity index (χ3n) is 8.70. The Morgan fingerprint density at radius 2 is 2.04 bits per heavy atom. The predicted molar refractivity (Wildman–Crippen MR) is 99.6 cm³/mol. The predicted octanol–water partition coefficient (Wildman–Crippen LogP) is 2.10. The Labute approximate surface area is 164 Å². The minimum absolute atomic E-state index is 0.00359. The molecule has 0 spiro atoms. The van der Waals surface area contributed by atoms with Crippen LogP contribution in [0.25, 0.3) is 0 Å². The van der Waals surface area contributed by atoms with Crippen molar-refractivity contribution in [2.24, 2.45) is 34.5 Å². The monoisotopic (exact) mass is 392 g/mol. The van der Waals surface area contributed by atoms with Crippen LogP contribution in [0.5, 0.6) is 0 Å². The molecule has 8 atom stereocenters. The molecular weight excluding hydrogens is 363 g/mol. The molecule has 0 heterocycles. The summed E-state index contributed by atoms with van der Waals surface area (Å²) in [7, 11) is 0. The molecule has 4 aliphatic carbocycles. The van der Waals surface area contributed by atoms with Gasteiger partial charge in [-0.25, -0.2) is 4.39 Å². The topological polar surface area (TPSA) is 94.8 Å². The lowest BCUT2D eigenvalue weighted by Crippen LogP contribution is -2.62. The number of allylic oxidation sites excluding steroid dienone is 4. The second kappa shape index (κ2) is 6.07. The summed E-state index contributed by atoms with van der Waals surface area (Å²) in [5.74, 6) is -2.62. The van der Waals surface area contributed by atoms with Crippen LogP contribution in [0.4, 0.5) is 4.39 Å². The number of rotatable bonds is 2. The summed E-state index contributed by atoms with van der Waals surface area (Å²) in [4.78, 5) is 24.4. The van der Waals surface area contributed by atoms with E-state index >= 15 is 0 Å². The molecule has 4 aliphatic rings.